The van der Waals surface area contributed by atoms with Gasteiger partial charge in [-0.1, -0.05) is 18.2 Å². The molecule has 0 saturated heterocycles. The number of tetrazole rings is 1. The van der Waals surface area contributed by atoms with Gasteiger partial charge in [-0.05, 0) is 35.7 Å². The molecule has 1 aliphatic rings. The van der Waals surface area contributed by atoms with Crippen LogP contribution < -0.4 is 10.2 Å². The van der Waals surface area contributed by atoms with Crippen LogP contribution in [-0.4, -0.2) is 38.1 Å². The van der Waals surface area contributed by atoms with E-state index in [4.69, 9.17) is 0 Å². The molecule has 2 amide bonds. The van der Waals surface area contributed by atoms with E-state index >= 15 is 0 Å². The highest BCUT2D eigenvalue weighted by Crippen LogP contribution is 2.31. The first kappa shape index (κ1) is 16.4. The van der Waals surface area contributed by atoms with Crippen molar-refractivity contribution >= 4 is 34.5 Å². The summed E-state index contributed by atoms with van der Waals surface area (Å²) in [5.74, 6) is 0.185. The van der Waals surface area contributed by atoms with Gasteiger partial charge in [0.15, 0.2) is 0 Å². The molecule has 3 heterocycles. The second-order valence-corrected chi connectivity index (χ2v) is 6.95. The lowest BCUT2D eigenvalue weighted by atomic mass is 10.1. The van der Waals surface area contributed by atoms with Crippen molar-refractivity contribution in [2.24, 2.45) is 0 Å². The fourth-order valence-electron chi connectivity index (χ4n) is 2.98. The number of hydrogen-bond donors (Lipinski definition) is 1. The maximum Gasteiger partial charge on any atom is 0.250 e. The molecule has 1 N–H and O–H groups in total. The topological polar surface area (TPSA) is 93.0 Å². The lowest BCUT2D eigenvalue weighted by Crippen LogP contribution is -2.41. The van der Waals surface area contributed by atoms with Crippen LogP contribution in [0.15, 0.2) is 41.8 Å². The molecule has 1 aromatic carbocycles. The van der Waals surface area contributed by atoms with E-state index in [0.717, 1.165) is 4.88 Å². The smallest absolute Gasteiger partial charge is 0.250 e. The zero-order valence-electron chi connectivity index (χ0n) is 14.0. The van der Waals surface area contributed by atoms with Crippen molar-refractivity contribution in [1.82, 2.24) is 20.2 Å². The van der Waals surface area contributed by atoms with E-state index in [1.54, 1.807) is 11.0 Å². The molecular weight excluding hydrogens is 352 g/mol. The van der Waals surface area contributed by atoms with Crippen LogP contribution in [0, 0.1) is 0 Å². The maximum absolute atomic E-state index is 13.0. The van der Waals surface area contributed by atoms with Crippen LogP contribution >= 0.6 is 11.3 Å². The monoisotopic (exact) mass is 368 g/mol. The maximum atomic E-state index is 13.0. The number of nitrogens with one attached hydrogen (secondary N) is 1. The van der Waals surface area contributed by atoms with E-state index in [-0.39, 0.29) is 30.8 Å². The molecule has 2 aromatic heterocycles. The van der Waals surface area contributed by atoms with Crippen LogP contribution in [0.25, 0.3) is 10.7 Å². The Morgan fingerprint density at radius 1 is 1.31 bits per heavy atom. The summed E-state index contributed by atoms with van der Waals surface area (Å²) in [6.45, 7) is 1.80. The Kier molecular flexibility index (Phi) is 4.21. The molecule has 0 bridgehead atoms. The predicted octanol–water partition coefficient (Wildman–Crippen LogP) is 2.17. The van der Waals surface area contributed by atoms with Gasteiger partial charge >= 0.3 is 0 Å². The van der Waals surface area contributed by atoms with Crippen LogP contribution in [0.1, 0.15) is 13.3 Å². The molecule has 0 saturated carbocycles. The Hall–Kier alpha value is -3.07. The van der Waals surface area contributed by atoms with Crippen molar-refractivity contribution < 1.29 is 9.59 Å². The second-order valence-electron chi connectivity index (χ2n) is 6.00. The molecule has 132 valence electrons. The number of anilines is 2. The van der Waals surface area contributed by atoms with Gasteiger partial charge in [0.2, 0.25) is 11.7 Å². The molecule has 0 fully saturated rings. The number of aromatic nitrogens is 4. The molecule has 0 unspecified atom stereocenters. The number of nitrogens with zero attached hydrogens (tertiary/aromatic N) is 5. The quantitative estimate of drug-likeness (QED) is 0.765. The molecule has 9 heteroatoms. The van der Waals surface area contributed by atoms with E-state index in [1.165, 1.54) is 16.1 Å². The Labute approximate surface area is 153 Å². The molecule has 0 aliphatic carbocycles. The molecule has 0 spiro atoms. The van der Waals surface area contributed by atoms with Crippen LogP contribution in [0.4, 0.5) is 11.4 Å². The molecule has 26 heavy (non-hydrogen) atoms. The molecule has 3 aromatic rings. The second kappa shape index (κ2) is 6.68. The van der Waals surface area contributed by atoms with Gasteiger partial charge in [0.1, 0.15) is 6.54 Å². The lowest BCUT2D eigenvalue weighted by Gasteiger charge is -2.27. The van der Waals surface area contributed by atoms with E-state index < -0.39 is 0 Å². The molecule has 1 aliphatic heterocycles. The van der Waals surface area contributed by atoms with Crippen molar-refractivity contribution in [2.45, 2.75) is 25.9 Å². The highest BCUT2D eigenvalue weighted by molar-refractivity contribution is 7.13. The first-order valence-corrected chi connectivity index (χ1v) is 9.02. The summed E-state index contributed by atoms with van der Waals surface area (Å²) in [6.07, 6.45) is 0.228. The van der Waals surface area contributed by atoms with E-state index in [1.807, 2.05) is 42.6 Å². The summed E-state index contributed by atoms with van der Waals surface area (Å²) in [4.78, 5) is 28.8. The first-order valence-electron chi connectivity index (χ1n) is 8.14. The number of carbonyl (C=O) groups is 2. The number of carbonyl (C=O) groups excluding carboxylic acids is 2. The average molecular weight is 368 g/mol. The first-order chi connectivity index (χ1) is 12.6. The number of para-hydroxylation sites is 2. The van der Waals surface area contributed by atoms with Crippen LogP contribution in [-0.2, 0) is 16.1 Å². The molecule has 4 rings (SSSR count). The zero-order chi connectivity index (χ0) is 18.1. The predicted molar refractivity (Wildman–Crippen MR) is 97.8 cm³/mol. The zero-order valence-corrected chi connectivity index (χ0v) is 14.8. The van der Waals surface area contributed by atoms with Crippen molar-refractivity contribution in [3.8, 4) is 10.7 Å². The number of amides is 2. The summed E-state index contributed by atoms with van der Waals surface area (Å²) in [5.41, 5.74) is 1.30. The van der Waals surface area contributed by atoms with Crippen LogP contribution in [0.5, 0.6) is 0 Å². The van der Waals surface area contributed by atoms with E-state index in [2.05, 4.69) is 20.7 Å². The lowest BCUT2D eigenvalue weighted by molar-refractivity contribution is -0.120. The minimum atomic E-state index is -0.272. The molecule has 0 radical (unpaired) electrons. The van der Waals surface area contributed by atoms with Gasteiger partial charge in [-0.15, -0.1) is 21.5 Å². The van der Waals surface area contributed by atoms with Crippen molar-refractivity contribution in [3.63, 3.8) is 0 Å². The highest BCUT2D eigenvalue weighted by Gasteiger charge is 2.30. The molecule has 8 nitrogen and oxygen atoms in total. The van der Waals surface area contributed by atoms with Crippen LogP contribution in [0.2, 0.25) is 0 Å². The summed E-state index contributed by atoms with van der Waals surface area (Å²) in [7, 11) is 0. The summed E-state index contributed by atoms with van der Waals surface area (Å²) in [6, 6.07) is 10.8. The number of benzene rings is 1. The van der Waals surface area contributed by atoms with E-state index in [0.29, 0.717) is 17.2 Å². The summed E-state index contributed by atoms with van der Waals surface area (Å²) >= 11 is 1.51. The van der Waals surface area contributed by atoms with Crippen molar-refractivity contribution in [3.05, 3.63) is 41.8 Å². The largest absolute Gasteiger partial charge is 0.324 e. The Morgan fingerprint density at radius 2 is 2.15 bits per heavy atom. The normalized spacial score (nSPS) is 16.7. The Balaban J connectivity index is 1.60. The summed E-state index contributed by atoms with van der Waals surface area (Å²) < 4.78 is 0. The Morgan fingerprint density at radius 3 is 2.96 bits per heavy atom. The van der Waals surface area contributed by atoms with Gasteiger partial charge in [0.05, 0.1) is 16.3 Å². The number of fused-ring (bicyclic) bond motifs is 1. The SMILES string of the molecule is C[C@H]1CC(=O)Nc2ccccc2N1C(=O)Cn1nnc(-c2cccs2)n1. The number of hydrogen-bond acceptors (Lipinski definition) is 6. The minimum Gasteiger partial charge on any atom is -0.324 e. The minimum absolute atomic E-state index is 0.0504. The third-order valence-corrected chi connectivity index (χ3v) is 4.96. The van der Waals surface area contributed by atoms with Gasteiger partial charge < -0.3 is 10.2 Å². The van der Waals surface area contributed by atoms with Crippen molar-refractivity contribution in [2.75, 3.05) is 10.2 Å². The third-order valence-electron chi connectivity index (χ3n) is 4.10. The van der Waals surface area contributed by atoms with Gasteiger partial charge in [0.25, 0.3) is 5.91 Å². The summed E-state index contributed by atoms with van der Waals surface area (Å²) in [5, 5.41) is 17.0. The Bertz CT molecular complexity index is 952. The highest BCUT2D eigenvalue weighted by atomic mass is 32.1. The fraction of sp³-hybridized carbons (Fsp3) is 0.235. The van der Waals surface area contributed by atoms with Gasteiger partial charge in [-0.3, -0.25) is 9.59 Å². The van der Waals surface area contributed by atoms with E-state index in [9.17, 15) is 9.59 Å². The number of rotatable bonds is 3. The average Bonchev–Trinajstić information content (AvgIpc) is 3.25. The molecular formula is C17H16N6O2S. The van der Waals surface area contributed by atoms with Gasteiger partial charge in [0, 0.05) is 12.5 Å². The van der Waals surface area contributed by atoms with Gasteiger partial charge in [-0.25, -0.2) is 0 Å². The number of thiophene rings is 1. The standard InChI is InChI=1S/C17H16N6O2S/c1-11-9-15(24)18-12-5-2-3-6-13(12)23(11)16(25)10-22-20-17(19-21-22)14-7-4-8-26-14/h2-8,11H,9-10H2,1H3,(H,18,24)/t11-/m0/s1. The van der Waals surface area contributed by atoms with Crippen molar-refractivity contribution in [1.29, 1.82) is 0 Å². The third kappa shape index (κ3) is 3.08. The van der Waals surface area contributed by atoms with Gasteiger partial charge in [-0.2, -0.15) is 4.80 Å². The fourth-order valence-corrected chi connectivity index (χ4v) is 3.63. The van der Waals surface area contributed by atoms with Crippen LogP contribution in [0.3, 0.4) is 0 Å². The molecule has 1 atom stereocenters.